The maximum absolute atomic E-state index is 9.08. The van der Waals surface area contributed by atoms with Crippen LogP contribution in [0.4, 0.5) is 0 Å². The average molecular weight is 185 g/mol. The highest BCUT2D eigenvalue weighted by Gasteiger charge is 2.41. The summed E-state index contributed by atoms with van der Waals surface area (Å²) in [5, 5.41) is 11.6. The molecule has 0 atom stereocenters. The first-order valence-electron chi connectivity index (χ1n) is 3.97. The molecule has 1 aliphatic rings. The second-order valence-electron chi connectivity index (χ2n) is 3.06. The van der Waals surface area contributed by atoms with Crippen molar-refractivity contribution in [2.75, 3.05) is 7.11 Å². The number of rotatable bonds is 2. The topological polar surface area (TPSA) is 42.4 Å². The fourth-order valence-electron chi connectivity index (χ4n) is 1.48. The zero-order chi connectivity index (χ0) is 8.60. The van der Waals surface area contributed by atoms with Crippen LogP contribution < -0.4 is 0 Å². The van der Waals surface area contributed by atoms with E-state index in [9.17, 15) is 0 Å². The second-order valence-corrected chi connectivity index (χ2v) is 3.92. The van der Waals surface area contributed by atoms with Crippen molar-refractivity contribution in [1.29, 1.82) is 0 Å². The number of aromatic hydroxyl groups is 1. The lowest BCUT2D eigenvalue weighted by molar-refractivity contribution is -0.0781. The van der Waals surface area contributed by atoms with Gasteiger partial charge in [-0.05, 0) is 19.3 Å². The van der Waals surface area contributed by atoms with Crippen LogP contribution in [0.2, 0.25) is 0 Å². The molecule has 1 N–H and O–H groups in total. The van der Waals surface area contributed by atoms with Crippen LogP contribution in [0.25, 0.3) is 0 Å². The Labute approximate surface area is 75.0 Å². The van der Waals surface area contributed by atoms with Crippen molar-refractivity contribution in [2.45, 2.75) is 24.9 Å². The van der Waals surface area contributed by atoms with Crippen molar-refractivity contribution in [3.05, 3.63) is 10.4 Å². The van der Waals surface area contributed by atoms with Crippen LogP contribution in [-0.2, 0) is 10.3 Å². The van der Waals surface area contributed by atoms with Crippen molar-refractivity contribution >= 4 is 11.3 Å². The molecule has 1 saturated carbocycles. The van der Waals surface area contributed by atoms with Crippen LogP contribution >= 0.6 is 11.3 Å². The number of ether oxygens (including phenoxy) is 1. The summed E-state index contributed by atoms with van der Waals surface area (Å²) in [5.74, 6) is 0.110. The molecule has 2 rings (SSSR count). The maximum Gasteiger partial charge on any atom is 0.222 e. The molecular weight excluding hydrogens is 174 g/mol. The minimum atomic E-state index is -0.175. The van der Waals surface area contributed by atoms with Crippen LogP contribution in [0.1, 0.15) is 24.3 Å². The summed E-state index contributed by atoms with van der Waals surface area (Å²) in [6.45, 7) is 0. The quantitative estimate of drug-likeness (QED) is 0.764. The molecular formula is C8H11NO2S. The van der Waals surface area contributed by atoms with Gasteiger partial charge in [0.2, 0.25) is 5.88 Å². The summed E-state index contributed by atoms with van der Waals surface area (Å²) in [6.07, 6.45) is 3.24. The minimum absolute atomic E-state index is 0.110. The number of hydrogen-bond donors (Lipinski definition) is 1. The Bertz CT molecular complexity index is 275. The molecule has 0 spiro atoms. The summed E-state index contributed by atoms with van der Waals surface area (Å²) in [4.78, 5) is 4.02. The van der Waals surface area contributed by atoms with Gasteiger partial charge in [-0.25, -0.2) is 4.98 Å². The van der Waals surface area contributed by atoms with Gasteiger partial charge in [0.05, 0.1) is 5.38 Å². The lowest BCUT2D eigenvalue weighted by Crippen LogP contribution is -2.35. The predicted molar refractivity (Wildman–Crippen MR) is 46.3 cm³/mol. The van der Waals surface area contributed by atoms with Crippen molar-refractivity contribution in [1.82, 2.24) is 4.98 Å². The molecule has 0 radical (unpaired) electrons. The summed E-state index contributed by atoms with van der Waals surface area (Å²) in [7, 11) is 1.71. The van der Waals surface area contributed by atoms with Crippen molar-refractivity contribution in [3.8, 4) is 5.88 Å². The zero-order valence-corrected chi connectivity index (χ0v) is 7.73. The Kier molecular flexibility index (Phi) is 1.81. The molecule has 1 aromatic rings. The lowest BCUT2D eigenvalue weighted by atomic mass is 9.80. The highest BCUT2D eigenvalue weighted by Crippen LogP contribution is 2.45. The molecule has 3 nitrogen and oxygen atoms in total. The number of thiazole rings is 1. The van der Waals surface area contributed by atoms with Crippen LogP contribution in [0.3, 0.4) is 0 Å². The molecule has 1 fully saturated rings. The molecule has 1 heterocycles. The average Bonchev–Trinajstić information content (AvgIpc) is 2.35. The van der Waals surface area contributed by atoms with E-state index >= 15 is 0 Å². The van der Waals surface area contributed by atoms with Crippen LogP contribution in [-0.4, -0.2) is 17.2 Å². The molecule has 0 bridgehead atoms. The molecule has 0 unspecified atom stereocenters. The standard InChI is InChI=1S/C8H11NO2S/c1-11-8(3-2-4-8)7-9-6(10)5-12-7/h5,10H,2-4H2,1H3. The molecule has 12 heavy (non-hydrogen) atoms. The Morgan fingerprint density at radius 3 is 2.75 bits per heavy atom. The maximum atomic E-state index is 9.08. The molecule has 1 aliphatic carbocycles. The van der Waals surface area contributed by atoms with E-state index in [1.165, 1.54) is 17.8 Å². The van der Waals surface area contributed by atoms with Gasteiger partial charge in [-0.1, -0.05) is 0 Å². The fourth-order valence-corrected chi connectivity index (χ4v) is 2.40. The van der Waals surface area contributed by atoms with E-state index < -0.39 is 0 Å². The third-order valence-corrected chi connectivity index (χ3v) is 3.45. The highest BCUT2D eigenvalue weighted by molar-refractivity contribution is 7.10. The van der Waals surface area contributed by atoms with Crippen molar-refractivity contribution in [2.24, 2.45) is 0 Å². The third kappa shape index (κ3) is 1.03. The number of nitrogens with zero attached hydrogens (tertiary/aromatic N) is 1. The first-order valence-corrected chi connectivity index (χ1v) is 4.85. The van der Waals surface area contributed by atoms with Gasteiger partial charge >= 0.3 is 0 Å². The lowest BCUT2D eigenvalue weighted by Gasteiger charge is -2.38. The molecule has 1 aromatic heterocycles. The van der Waals surface area contributed by atoms with Gasteiger partial charge in [-0.3, -0.25) is 0 Å². The van der Waals surface area contributed by atoms with Crippen LogP contribution in [0, 0.1) is 0 Å². The zero-order valence-electron chi connectivity index (χ0n) is 6.91. The number of hydrogen-bond acceptors (Lipinski definition) is 4. The third-order valence-electron chi connectivity index (χ3n) is 2.43. The number of aromatic nitrogens is 1. The number of methoxy groups -OCH3 is 1. The fraction of sp³-hybridized carbons (Fsp3) is 0.625. The smallest absolute Gasteiger partial charge is 0.222 e. The monoisotopic (exact) mass is 185 g/mol. The molecule has 4 heteroatoms. The Hall–Kier alpha value is -0.610. The van der Waals surface area contributed by atoms with E-state index in [1.54, 1.807) is 12.5 Å². The summed E-state index contributed by atoms with van der Waals surface area (Å²) >= 11 is 1.47. The normalized spacial score (nSPS) is 20.4. The summed E-state index contributed by atoms with van der Waals surface area (Å²) in [6, 6.07) is 0. The molecule has 66 valence electrons. The molecule has 0 saturated heterocycles. The molecule has 0 aliphatic heterocycles. The largest absolute Gasteiger partial charge is 0.493 e. The second kappa shape index (κ2) is 2.71. The Morgan fingerprint density at radius 2 is 2.42 bits per heavy atom. The van der Waals surface area contributed by atoms with Crippen molar-refractivity contribution < 1.29 is 9.84 Å². The van der Waals surface area contributed by atoms with Gasteiger partial charge in [-0.15, -0.1) is 11.3 Å². The summed E-state index contributed by atoms with van der Waals surface area (Å²) in [5.41, 5.74) is -0.175. The van der Waals surface area contributed by atoms with Gasteiger partial charge in [0.25, 0.3) is 0 Å². The van der Waals surface area contributed by atoms with Gasteiger partial charge in [-0.2, -0.15) is 0 Å². The van der Waals surface area contributed by atoms with Crippen LogP contribution in [0.5, 0.6) is 5.88 Å². The van der Waals surface area contributed by atoms with Gasteiger partial charge in [0.1, 0.15) is 10.6 Å². The van der Waals surface area contributed by atoms with Gasteiger partial charge in [0.15, 0.2) is 0 Å². The van der Waals surface area contributed by atoms with Gasteiger partial charge < -0.3 is 9.84 Å². The van der Waals surface area contributed by atoms with Crippen molar-refractivity contribution in [3.63, 3.8) is 0 Å². The van der Waals surface area contributed by atoms with Crippen LogP contribution in [0.15, 0.2) is 5.38 Å². The van der Waals surface area contributed by atoms with Gasteiger partial charge in [0, 0.05) is 7.11 Å². The highest BCUT2D eigenvalue weighted by atomic mass is 32.1. The minimum Gasteiger partial charge on any atom is -0.493 e. The Balaban J connectivity index is 2.27. The predicted octanol–water partition coefficient (Wildman–Crippen LogP) is 1.87. The summed E-state index contributed by atoms with van der Waals surface area (Å²) < 4.78 is 5.41. The molecule has 0 aromatic carbocycles. The first-order chi connectivity index (χ1) is 5.77. The van der Waals surface area contributed by atoms with E-state index in [4.69, 9.17) is 9.84 Å². The first kappa shape index (κ1) is 8.01. The van der Waals surface area contributed by atoms with E-state index in [0.29, 0.717) is 0 Å². The SMILES string of the molecule is COC1(c2nc(O)cs2)CCC1. The van der Waals surface area contributed by atoms with E-state index in [1.807, 2.05) is 0 Å². The van der Waals surface area contributed by atoms with E-state index in [-0.39, 0.29) is 11.5 Å². The van der Waals surface area contributed by atoms with E-state index in [0.717, 1.165) is 17.8 Å². The van der Waals surface area contributed by atoms with E-state index in [2.05, 4.69) is 4.98 Å². The Morgan fingerprint density at radius 1 is 1.67 bits per heavy atom. The molecule has 0 amide bonds.